The van der Waals surface area contributed by atoms with Crippen molar-refractivity contribution in [1.29, 1.82) is 0 Å². The second-order valence-corrected chi connectivity index (χ2v) is 47.7. The van der Waals surface area contributed by atoms with Crippen LogP contribution in [0.2, 0.25) is 0 Å². The van der Waals surface area contributed by atoms with Crippen LogP contribution in [-0.2, 0) is 16.2 Å². The van der Waals surface area contributed by atoms with E-state index in [1.807, 2.05) is 0 Å². The van der Waals surface area contributed by atoms with Gasteiger partial charge >= 0.3 is 0 Å². The Bertz CT molecular complexity index is 6500. The van der Waals surface area contributed by atoms with Gasteiger partial charge in [0.1, 0.15) is 0 Å². The third-order valence-electron chi connectivity index (χ3n) is 26.3. The molecule has 2 aliphatic rings. The average Bonchev–Trinajstić information content (AvgIpc) is 1.13. The first-order chi connectivity index (χ1) is 58.9. The maximum atomic E-state index is 2.74. The highest BCUT2D eigenvalue weighted by atomic mass is 28.3. The van der Waals surface area contributed by atoms with Crippen LogP contribution in [0.3, 0.4) is 0 Å². The maximum absolute atomic E-state index is 3.26. The molecule has 0 saturated heterocycles. The van der Waals surface area contributed by atoms with E-state index in [0.29, 0.717) is 0 Å². The average molecular weight is 1610 g/mol. The molecule has 0 bridgehead atoms. The first-order valence-electron chi connectivity index (χ1n) is 42.9. The summed E-state index contributed by atoms with van der Waals surface area (Å²) in [5.41, 5.74) is 19.8. The second-order valence-electron chi connectivity index (χ2n) is 36.3. The van der Waals surface area contributed by atoms with Gasteiger partial charge < -0.3 is 14.4 Å². The van der Waals surface area contributed by atoms with Gasteiger partial charge in [0.2, 0.25) is 0 Å². The standard InChI is InChI=1S/C114H98BN3Si3/c1-112(2,3)83-63-61-81(62-64-83)82-39-37-40-86(73-82)116-107-79-99(120(92-48-25-13-26-49-92,93-50-27-14-28-51-93)94-52-29-15-30-53-94)67-69-103(107)115-104-70-68-100(121(95-54-31-16-32-55-95,96-56-33-17-34-57-96)97-58-35-18-36-59-97)80-108(104)117(87-41-38-60-98(76-87)119(89-42-19-10-20-43-89,90-44-21-11-22-45-90)91-46-23-12-24-47-91)110-78-88(77-109(116)111(110)115)118-105-71-65-84(113(4,5)6)74-101(105)102-75-85(114(7,8)9)66-72-106(102)118/h10-80H,1-9H3. The Morgan fingerprint density at radius 2 is 0.496 bits per heavy atom. The van der Waals surface area contributed by atoms with E-state index in [0.717, 1.165) is 56.4 Å². The molecule has 20 rings (SSSR count). The highest BCUT2D eigenvalue weighted by Crippen LogP contribution is 2.48. The largest absolute Gasteiger partial charge is 0.311 e. The molecule has 17 aromatic carbocycles. The lowest BCUT2D eigenvalue weighted by molar-refractivity contribution is 0.590. The van der Waals surface area contributed by atoms with Crippen molar-refractivity contribution >= 4 is 165 Å². The SMILES string of the molecule is CC(C)(C)c1ccc(-c2cccc(N3c4cc([Si](c5ccccc5)(c5ccccc5)c5ccccc5)ccc4B4c5ccc([Si](c6ccccc6)(c6ccccc6)c6ccccc6)cc5N(c5cccc([Si](c6ccccc6)(c6ccccc6)c6ccccc6)c5)c5cc(-n6c7ccc(C(C)(C)C)cc7c7cc(C(C)(C)C)ccc76)cc3c54)c2)cc1. The molecular weight excluding hydrogens is 1510 g/mol. The highest BCUT2D eigenvalue weighted by molar-refractivity contribution is 7.21. The number of nitrogens with zero attached hydrogens (tertiary/aromatic N) is 3. The van der Waals surface area contributed by atoms with Crippen molar-refractivity contribution in [3.05, 3.63) is 447 Å². The van der Waals surface area contributed by atoms with E-state index >= 15 is 0 Å². The summed E-state index contributed by atoms with van der Waals surface area (Å²) < 4.78 is 2.63. The fraction of sp³-hybridized carbons (Fsp3) is 0.105. The van der Waals surface area contributed by atoms with Gasteiger partial charge in [-0.1, -0.05) is 420 Å². The Morgan fingerprint density at radius 3 is 0.818 bits per heavy atom. The van der Waals surface area contributed by atoms with Crippen LogP contribution in [0, 0.1) is 0 Å². The molecular formula is C114H98BN3Si3. The molecule has 0 unspecified atom stereocenters. The molecule has 0 aliphatic carbocycles. The quantitative estimate of drug-likeness (QED) is 0.0706. The van der Waals surface area contributed by atoms with Gasteiger partial charge in [-0.25, -0.2) is 0 Å². The Hall–Kier alpha value is -13.1. The molecule has 584 valence electrons. The molecule has 121 heavy (non-hydrogen) atoms. The van der Waals surface area contributed by atoms with Gasteiger partial charge in [0, 0.05) is 44.9 Å². The minimum atomic E-state index is -3.26. The van der Waals surface area contributed by atoms with Crippen LogP contribution < -0.4 is 88.4 Å². The number of benzene rings is 17. The molecule has 0 radical (unpaired) electrons. The lowest BCUT2D eigenvalue weighted by Crippen LogP contribution is -2.75. The van der Waals surface area contributed by atoms with Crippen molar-refractivity contribution in [2.75, 3.05) is 9.80 Å². The van der Waals surface area contributed by atoms with Crippen molar-refractivity contribution in [1.82, 2.24) is 4.57 Å². The zero-order valence-corrected chi connectivity index (χ0v) is 73.4. The van der Waals surface area contributed by atoms with Gasteiger partial charge in [0.15, 0.2) is 24.2 Å². The Kier molecular flexibility index (Phi) is 19.2. The smallest absolute Gasteiger partial charge is 0.252 e. The van der Waals surface area contributed by atoms with E-state index < -0.39 is 24.2 Å². The molecule has 0 saturated carbocycles. The summed E-state index contributed by atoms with van der Waals surface area (Å²) in [5, 5.41) is 18.3. The fourth-order valence-corrected chi connectivity index (χ4v) is 34.7. The molecule has 3 nitrogen and oxygen atoms in total. The number of hydrogen-bond donors (Lipinski definition) is 0. The molecule has 0 N–H and O–H groups in total. The summed E-state index contributed by atoms with van der Waals surface area (Å²) in [6.45, 7) is 20.7. The Balaban J connectivity index is 0.971. The summed E-state index contributed by atoms with van der Waals surface area (Å²) >= 11 is 0. The van der Waals surface area contributed by atoms with Crippen LogP contribution in [0.1, 0.15) is 79.0 Å². The maximum Gasteiger partial charge on any atom is 0.252 e. The van der Waals surface area contributed by atoms with Crippen LogP contribution in [0.15, 0.2) is 431 Å². The van der Waals surface area contributed by atoms with Gasteiger partial charge in [0.25, 0.3) is 6.71 Å². The van der Waals surface area contributed by atoms with Crippen LogP contribution in [-0.4, -0.2) is 35.5 Å². The minimum Gasteiger partial charge on any atom is -0.311 e. The van der Waals surface area contributed by atoms with Crippen molar-refractivity contribution < 1.29 is 0 Å². The van der Waals surface area contributed by atoms with Crippen LogP contribution in [0.25, 0.3) is 38.6 Å². The van der Waals surface area contributed by atoms with Crippen LogP contribution in [0.5, 0.6) is 0 Å². The number of rotatable bonds is 16. The van der Waals surface area contributed by atoms with E-state index in [2.05, 4.69) is 507 Å². The Labute approximate surface area is 717 Å². The third-order valence-corrected chi connectivity index (χ3v) is 40.6. The number of anilines is 6. The van der Waals surface area contributed by atoms with Crippen LogP contribution in [0.4, 0.5) is 34.1 Å². The van der Waals surface area contributed by atoms with Gasteiger partial charge in [-0.15, -0.1) is 0 Å². The van der Waals surface area contributed by atoms with Gasteiger partial charge in [0.05, 0.1) is 16.7 Å². The van der Waals surface area contributed by atoms with Crippen molar-refractivity contribution in [3.63, 3.8) is 0 Å². The van der Waals surface area contributed by atoms with E-state index in [1.165, 1.54) is 112 Å². The second kappa shape index (κ2) is 30.3. The summed E-state index contributed by atoms with van der Waals surface area (Å²) in [7, 11) is -9.68. The van der Waals surface area contributed by atoms with Gasteiger partial charge in [-0.05, 0) is 195 Å². The zero-order valence-electron chi connectivity index (χ0n) is 70.4. The van der Waals surface area contributed by atoms with Crippen LogP contribution >= 0.6 is 0 Å². The van der Waals surface area contributed by atoms with E-state index in [1.54, 1.807) is 0 Å². The van der Waals surface area contributed by atoms with Crippen molar-refractivity contribution in [3.8, 4) is 16.8 Å². The Morgan fingerprint density at radius 1 is 0.207 bits per heavy atom. The zero-order chi connectivity index (χ0) is 82.4. The van der Waals surface area contributed by atoms with E-state index in [9.17, 15) is 0 Å². The lowest BCUT2D eigenvalue weighted by atomic mass is 9.33. The number of fused-ring (bicyclic) bond motifs is 7. The van der Waals surface area contributed by atoms with Gasteiger partial charge in [-0.3, -0.25) is 0 Å². The predicted octanol–water partition coefficient (Wildman–Crippen LogP) is 18.6. The molecule has 0 amide bonds. The molecule has 7 heteroatoms. The highest BCUT2D eigenvalue weighted by Gasteiger charge is 2.50. The lowest BCUT2D eigenvalue weighted by Gasteiger charge is -2.46. The fourth-order valence-electron chi connectivity index (χ4n) is 20.4. The summed E-state index contributed by atoms with van der Waals surface area (Å²) in [5.74, 6) is 0. The summed E-state index contributed by atoms with van der Waals surface area (Å²) in [4.78, 5) is 5.45. The normalized spacial score (nSPS) is 13.0. The van der Waals surface area contributed by atoms with Crippen molar-refractivity contribution in [2.24, 2.45) is 0 Å². The first-order valence-corrected chi connectivity index (χ1v) is 48.9. The number of hydrogen-bond acceptors (Lipinski definition) is 2. The molecule has 0 atom stereocenters. The summed E-state index contributed by atoms with van der Waals surface area (Å²) in [6.07, 6.45) is 0. The molecule has 3 heterocycles. The van der Waals surface area contributed by atoms with Gasteiger partial charge in [-0.2, -0.15) is 0 Å². The molecule has 0 fully saturated rings. The predicted molar refractivity (Wildman–Crippen MR) is 527 cm³/mol. The van der Waals surface area contributed by atoms with E-state index in [4.69, 9.17) is 0 Å². The minimum absolute atomic E-state index is 0.0168. The number of aromatic nitrogens is 1. The molecule has 18 aromatic rings. The van der Waals surface area contributed by atoms with Crippen molar-refractivity contribution in [2.45, 2.75) is 78.6 Å². The molecule has 1 aromatic heterocycles. The monoisotopic (exact) mass is 1600 g/mol. The summed E-state index contributed by atoms with van der Waals surface area (Å²) in [6, 6.07) is 168. The van der Waals surface area contributed by atoms with E-state index in [-0.39, 0.29) is 23.0 Å². The third kappa shape index (κ3) is 12.8. The topological polar surface area (TPSA) is 11.4 Å². The molecule has 0 spiro atoms. The first kappa shape index (κ1) is 76.5. The molecule has 2 aliphatic heterocycles.